The molecule has 1 saturated heterocycles. The number of aliphatic imine (C=N–C) groups is 1. The Morgan fingerprint density at radius 2 is 2.12 bits per heavy atom. The van der Waals surface area contributed by atoms with Crippen molar-refractivity contribution in [1.82, 2.24) is 5.32 Å². The number of thiocarbonyl (C=S) groups is 1. The molecule has 1 aliphatic carbocycles. The maximum absolute atomic E-state index is 12.9. The van der Waals surface area contributed by atoms with Crippen molar-refractivity contribution in [2.75, 3.05) is 12.0 Å². The van der Waals surface area contributed by atoms with Gasteiger partial charge in [0, 0.05) is 18.3 Å². The maximum Gasteiger partial charge on any atom is 0.251 e. The summed E-state index contributed by atoms with van der Waals surface area (Å²) in [4.78, 5) is 30.9. The molecule has 2 amide bonds. The van der Waals surface area contributed by atoms with Crippen LogP contribution in [0.2, 0.25) is 0 Å². The van der Waals surface area contributed by atoms with E-state index in [1.54, 1.807) is 31.4 Å². The molecule has 0 unspecified atom stereocenters. The molecule has 0 bridgehead atoms. The highest BCUT2D eigenvalue weighted by atomic mass is 32.1. The Kier molecular flexibility index (Phi) is 5.63. The number of nitrogens with zero attached hydrogens (tertiary/aromatic N) is 2. The fraction of sp³-hybridized carbons (Fsp3) is 0.444. The Hall–Kier alpha value is -2.32. The van der Waals surface area contributed by atoms with Crippen molar-refractivity contribution in [3.05, 3.63) is 24.3 Å². The van der Waals surface area contributed by atoms with Gasteiger partial charge >= 0.3 is 0 Å². The van der Waals surface area contributed by atoms with Crippen LogP contribution in [0.3, 0.4) is 0 Å². The first kappa shape index (κ1) is 18.5. The van der Waals surface area contributed by atoms with Gasteiger partial charge in [-0.15, -0.1) is 0 Å². The Morgan fingerprint density at radius 3 is 2.85 bits per heavy atom. The van der Waals surface area contributed by atoms with Crippen LogP contribution in [0.25, 0.3) is 0 Å². The van der Waals surface area contributed by atoms with Gasteiger partial charge in [0.2, 0.25) is 5.91 Å². The molecule has 3 atom stereocenters. The average molecular weight is 374 g/mol. The van der Waals surface area contributed by atoms with Gasteiger partial charge in [-0.2, -0.15) is 0 Å². The SMILES string of the molecule is COc1cccc(N2C(=O)[C@@H](C=N[C@@H]3CCCC[C@@H]3N)C(=O)NC2=S)c1. The number of hydrogen-bond acceptors (Lipinski definition) is 6. The Morgan fingerprint density at radius 1 is 1.35 bits per heavy atom. The predicted molar refractivity (Wildman–Crippen MR) is 103 cm³/mol. The number of ether oxygens (including phenoxy) is 1. The summed E-state index contributed by atoms with van der Waals surface area (Å²) < 4.78 is 5.19. The second-order valence-corrected chi connectivity index (χ2v) is 6.85. The van der Waals surface area contributed by atoms with Gasteiger partial charge in [-0.1, -0.05) is 18.9 Å². The highest BCUT2D eigenvalue weighted by Crippen LogP contribution is 2.25. The minimum absolute atomic E-state index is 0.0303. The average Bonchev–Trinajstić information content (AvgIpc) is 2.63. The first-order chi connectivity index (χ1) is 12.5. The number of carbonyl (C=O) groups is 2. The van der Waals surface area contributed by atoms with Gasteiger partial charge < -0.3 is 15.8 Å². The van der Waals surface area contributed by atoms with E-state index >= 15 is 0 Å². The van der Waals surface area contributed by atoms with Crippen molar-refractivity contribution in [3.8, 4) is 5.75 Å². The van der Waals surface area contributed by atoms with E-state index in [0.717, 1.165) is 25.7 Å². The molecule has 1 aromatic carbocycles. The number of anilines is 1. The molecule has 0 radical (unpaired) electrons. The Balaban J connectivity index is 1.83. The lowest BCUT2D eigenvalue weighted by Gasteiger charge is -2.31. The van der Waals surface area contributed by atoms with Gasteiger partial charge in [-0.05, 0) is 37.2 Å². The zero-order valence-corrected chi connectivity index (χ0v) is 15.4. The van der Waals surface area contributed by atoms with Crippen molar-refractivity contribution in [2.24, 2.45) is 16.6 Å². The highest BCUT2D eigenvalue weighted by Gasteiger charge is 2.38. The maximum atomic E-state index is 12.9. The number of nitrogens with two attached hydrogens (primary N) is 1. The molecule has 3 rings (SSSR count). The van der Waals surface area contributed by atoms with Crippen LogP contribution in [0, 0.1) is 5.92 Å². The molecule has 1 heterocycles. The summed E-state index contributed by atoms with van der Waals surface area (Å²) in [5, 5.41) is 2.63. The lowest BCUT2D eigenvalue weighted by atomic mass is 9.91. The molecule has 2 fully saturated rings. The number of benzene rings is 1. The molecule has 1 aromatic rings. The standard InChI is InChI=1S/C18H22N4O3S/c1-25-12-6-4-5-11(9-12)22-17(24)13(16(23)21-18(22)26)10-20-15-8-3-2-7-14(15)19/h4-6,9-10,13-15H,2-3,7-8,19H2,1H3,(H,21,23,26)/t13-,14-,15+/m0/s1. The molecule has 26 heavy (non-hydrogen) atoms. The van der Waals surface area contributed by atoms with Gasteiger partial charge in [0.05, 0.1) is 18.8 Å². The number of hydrogen-bond donors (Lipinski definition) is 2. The highest BCUT2D eigenvalue weighted by molar-refractivity contribution is 7.80. The monoisotopic (exact) mass is 374 g/mol. The number of amides is 2. The molecule has 0 spiro atoms. The molecule has 7 nitrogen and oxygen atoms in total. The number of nitrogens with one attached hydrogen (secondary N) is 1. The summed E-state index contributed by atoms with van der Waals surface area (Å²) in [6.07, 6.45) is 5.35. The fourth-order valence-electron chi connectivity index (χ4n) is 3.24. The number of methoxy groups -OCH3 is 1. The summed E-state index contributed by atoms with van der Waals surface area (Å²) in [5.74, 6) is -1.33. The number of carbonyl (C=O) groups excluding carboxylic acids is 2. The molecule has 1 aliphatic heterocycles. The summed E-state index contributed by atoms with van der Waals surface area (Å²) >= 11 is 5.19. The van der Waals surface area contributed by atoms with Crippen molar-refractivity contribution < 1.29 is 14.3 Å². The topological polar surface area (TPSA) is 97.0 Å². The van der Waals surface area contributed by atoms with E-state index in [-0.39, 0.29) is 17.2 Å². The molecule has 0 aromatic heterocycles. The second kappa shape index (κ2) is 7.92. The van der Waals surface area contributed by atoms with E-state index in [1.165, 1.54) is 11.1 Å². The van der Waals surface area contributed by atoms with Crippen molar-refractivity contribution in [1.29, 1.82) is 0 Å². The molecule has 2 aliphatic rings. The smallest absolute Gasteiger partial charge is 0.251 e. The van der Waals surface area contributed by atoms with Crippen LogP contribution in [0.4, 0.5) is 5.69 Å². The van der Waals surface area contributed by atoms with Crippen LogP contribution >= 0.6 is 12.2 Å². The minimum Gasteiger partial charge on any atom is -0.497 e. The second-order valence-electron chi connectivity index (χ2n) is 6.46. The minimum atomic E-state index is -1.03. The summed E-state index contributed by atoms with van der Waals surface area (Å²) in [6.45, 7) is 0. The van der Waals surface area contributed by atoms with Gasteiger partial charge in [0.1, 0.15) is 5.75 Å². The van der Waals surface area contributed by atoms with E-state index in [2.05, 4.69) is 10.3 Å². The molecule has 3 N–H and O–H groups in total. The van der Waals surface area contributed by atoms with Gasteiger partial charge in [0.25, 0.3) is 5.91 Å². The zero-order chi connectivity index (χ0) is 18.7. The van der Waals surface area contributed by atoms with Crippen LogP contribution < -0.4 is 20.7 Å². The Bertz CT molecular complexity index is 752. The third kappa shape index (κ3) is 3.76. The summed E-state index contributed by atoms with van der Waals surface area (Å²) in [6, 6.07) is 6.86. The first-order valence-corrected chi connectivity index (χ1v) is 9.04. The van der Waals surface area contributed by atoms with Crippen molar-refractivity contribution in [2.45, 2.75) is 37.8 Å². The third-order valence-electron chi connectivity index (χ3n) is 4.72. The van der Waals surface area contributed by atoms with Crippen LogP contribution in [0.5, 0.6) is 5.75 Å². The summed E-state index contributed by atoms with van der Waals surface area (Å²) in [7, 11) is 1.54. The van der Waals surface area contributed by atoms with Crippen LogP contribution in [0.15, 0.2) is 29.3 Å². The van der Waals surface area contributed by atoms with E-state index in [9.17, 15) is 9.59 Å². The normalized spacial score (nSPS) is 26.9. The molecule has 1 saturated carbocycles. The zero-order valence-electron chi connectivity index (χ0n) is 14.6. The van der Waals surface area contributed by atoms with Gasteiger partial charge in [-0.3, -0.25) is 19.5 Å². The van der Waals surface area contributed by atoms with Gasteiger partial charge in [-0.25, -0.2) is 0 Å². The number of rotatable bonds is 4. The van der Waals surface area contributed by atoms with Gasteiger partial charge in [0.15, 0.2) is 11.0 Å². The summed E-state index contributed by atoms with van der Waals surface area (Å²) in [5.41, 5.74) is 6.63. The third-order valence-corrected chi connectivity index (χ3v) is 5.01. The van der Waals surface area contributed by atoms with Crippen LogP contribution in [0.1, 0.15) is 25.7 Å². The van der Waals surface area contributed by atoms with E-state index < -0.39 is 17.7 Å². The molecule has 138 valence electrons. The lowest BCUT2D eigenvalue weighted by molar-refractivity contribution is -0.130. The quantitative estimate of drug-likeness (QED) is 0.472. The lowest BCUT2D eigenvalue weighted by Crippen LogP contribution is -2.58. The van der Waals surface area contributed by atoms with Crippen LogP contribution in [-0.2, 0) is 9.59 Å². The molecule has 8 heteroatoms. The Labute approximate surface area is 157 Å². The largest absolute Gasteiger partial charge is 0.497 e. The van der Waals surface area contributed by atoms with E-state index in [4.69, 9.17) is 22.7 Å². The molecular weight excluding hydrogens is 352 g/mol. The van der Waals surface area contributed by atoms with Crippen molar-refractivity contribution >= 4 is 41.0 Å². The van der Waals surface area contributed by atoms with Crippen LogP contribution in [-0.4, -0.2) is 42.3 Å². The first-order valence-electron chi connectivity index (χ1n) is 8.63. The van der Waals surface area contributed by atoms with Crippen molar-refractivity contribution in [3.63, 3.8) is 0 Å². The predicted octanol–water partition coefficient (Wildman–Crippen LogP) is 1.40. The van der Waals surface area contributed by atoms with E-state index in [0.29, 0.717) is 11.4 Å². The van der Waals surface area contributed by atoms with E-state index in [1.807, 2.05) is 0 Å². The fourth-order valence-corrected chi connectivity index (χ4v) is 3.53. The molecular formula is C18H22N4O3S.